The highest BCUT2D eigenvalue weighted by Crippen LogP contribution is 2.30. The lowest BCUT2D eigenvalue weighted by Gasteiger charge is -2.17. The Labute approximate surface area is 163 Å². The average molecular weight is 415 g/mol. The number of halogens is 5. The average Bonchev–Trinajstić information content (AvgIpc) is 3.03. The van der Waals surface area contributed by atoms with Crippen molar-refractivity contribution < 1.29 is 27.2 Å². The van der Waals surface area contributed by atoms with Crippen molar-refractivity contribution >= 4 is 29.1 Å². The lowest BCUT2D eigenvalue weighted by atomic mass is 10.1. The minimum Gasteiger partial charge on any atom is -0.352 e. The first-order valence-electron chi connectivity index (χ1n) is 8.34. The van der Waals surface area contributed by atoms with Crippen LogP contribution in [-0.4, -0.2) is 18.4 Å². The van der Waals surface area contributed by atoms with Gasteiger partial charge in [-0.1, -0.05) is 23.7 Å². The molecule has 1 aliphatic heterocycles. The second-order valence-corrected chi connectivity index (χ2v) is 6.82. The summed E-state index contributed by atoms with van der Waals surface area (Å²) < 4.78 is 51.0. The van der Waals surface area contributed by atoms with Gasteiger partial charge in [-0.15, -0.1) is 0 Å². The summed E-state index contributed by atoms with van der Waals surface area (Å²) in [5, 5.41) is 2.50. The number of hydrogen-bond donors (Lipinski definition) is 1. The van der Waals surface area contributed by atoms with Crippen LogP contribution in [0.15, 0.2) is 42.5 Å². The fourth-order valence-electron chi connectivity index (χ4n) is 2.93. The molecular formula is C19H15ClF4N2O2. The van der Waals surface area contributed by atoms with E-state index in [4.69, 9.17) is 11.6 Å². The van der Waals surface area contributed by atoms with Gasteiger partial charge < -0.3 is 10.2 Å². The zero-order chi connectivity index (χ0) is 20.5. The lowest BCUT2D eigenvalue weighted by Crippen LogP contribution is -2.32. The van der Waals surface area contributed by atoms with Crippen molar-refractivity contribution in [2.45, 2.75) is 19.1 Å². The van der Waals surface area contributed by atoms with Crippen LogP contribution < -0.4 is 10.2 Å². The summed E-state index contributed by atoms with van der Waals surface area (Å²) in [4.78, 5) is 25.9. The first-order chi connectivity index (χ1) is 13.1. The van der Waals surface area contributed by atoms with Crippen LogP contribution in [0.4, 0.5) is 23.2 Å². The van der Waals surface area contributed by atoms with E-state index in [9.17, 15) is 27.2 Å². The largest absolute Gasteiger partial charge is 0.416 e. The zero-order valence-corrected chi connectivity index (χ0v) is 15.1. The number of benzene rings is 2. The van der Waals surface area contributed by atoms with Gasteiger partial charge in [0.1, 0.15) is 5.82 Å². The van der Waals surface area contributed by atoms with Gasteiger partial charge in [-0.3, -0.25) is 9.59 Å². The summed E-state index contributed by atoms with van der Waals surface area (Å²) in [6, 6.07) is 8.33. The molecule has 2 amide bonds. The summed E-state index contributed by atoms with van der Waals surface area (Å²) in [5.74, 6) is -1.91. The molecule has 1 saturated heterocycles. The predicted molar refractivity (Wildman–Crippen MR) is 95.2 cm³/mol. The maximum absolute atomic E-state index is 13.3. The minimum absolute atomic E-state index is 0.0200. The van der Waals surface area contributed by atoms with E-state index in [0.717, 1.165) is 18.2 Å². The summed E-state index contributed by atoms with van der Waals surface area (Å²) in [6.07, 6.45) is -4.44. The van der Waals surface area contributed by atoms with Gasteiger partial charge >= 0.3 is 6.18 Å². The molecule has 0 bridgehead atoms. The molecule has 0 aliphatic carbocycles. The molecule has 28 heavy (non-hydrogen) atoms. The summed E-state index contributed by atoms with van der Waals surface area (Å²) in [7, 11) is 0. The van der Waals surface area contributed by atoms with Crippen molar-refractivity contribution in [3.05, 3.63) is 64.4 Å². The van der Waals surface area contributed by atoms with Crippen LogP contribution in [-0.2, 0) is 22.3 Å². The van der Waals surface area contributed by atoms with E-state index in [1.165, 1.54) is 29.2 Å². The Hall–Kier alpha value is -2.61. The topological polar surface area (TPSA) is 49.4 Å². The van der Waals surface area contributed by atoms with Crippen LogP contribution in [0.2, 0.25) is 5.02 Å². The van der Waals surface area contributed by atoms with Gasteiger partial charge in [-0.05, 0) is 35.9 Å². The number of carbonyl (C=O) groups excluding carboxylic acids is 2. The third kappa shape index (κ3) is 4.44. The summed E-state index contributed by atoms with van der Waals surface area (Å²) in [5.41, 5.74) is 0.139. The number of nitrogens with zero attached hydrogens (tertiary/aromatic N) is 1. The van der Waals surface area contributed by atoms with Gasteiger partial charge in [0.05, 0.1) is 16.5 Å². The fourth-order valence-corrected chi connectivity index (χ4v) is 3.11. The molecule has 1 heterocycles. The van der Waals surface area contributed by atoms with E-state index in [-0.39, 0.29) is 36.3 Å². The molecule has 3 rings (SSSR count). The molecule has 0 radical (unpaired) electrons. The van der Waals surface area contributed by atoms with E-state index in [2.05, 4.69) is 5.32 Å². The van der Waals surface area contributed by atoms with Crippen LogP contribution >= 0.6 is 11.6 Å². The molecular weight excluding hydrogens is 400 g/mol. The van der Waals surface area contributed by atoms with E-state index >= 15 is 0 Å². The van der Waals surface area contributed by atoms with Crippen molar-refractivity contribution in [1.82, 2.24) is 5.32 Å². The van der Waals surface area contributed by atoms with Gasteiger partial charge in [0.25, 0.3) is 0 Å². The van der Waals surface area contributed by atoms with Crippen molar-refractivity contribution in [2.24, 2.45) is 5.92 Å². The minimum atomic E-state index is -4.42. The number of rotatable bonds is 4. The van der Waals surface area contributed by atoms with Gasteiger partial charge in [-0.25, -0.2) is 4.39 Å². The number of alkyl halides is 3. The van der Waals surface area contributed by atoms with Crippen molar-refractivity contribution in [2.75, 3.05) is 11.4 Å². The molecule has 1 unspecified atom stereocenters. The Morgan fingerprint density at radius 3 is 2.46 bits per heavy atom. The molecule has 1 atom stereocenters. The van der Waals surface area contributed by atoms with Gasteiger partial charge in [0.15, 0.2) is 0 Å². The fraction of sp³-hybridized carbons (Fsp3) is 0.263. The third-order valence-corrected chi connectivity index (χ3v) is 4.75. The quantitative estimate of drug-likeness (QED) is 0.763. The number of hydrogen-bond acceptors (Lipinski definition) is 2. The predicted octanol–water partition coefficient (Wildman–Crippen LogP) is 4.17. The Kier molecular flexibility index (Phi) is 5.60. The van der Waals surface area contributed by atoms with Crippen molar-refractivity contribution in [3.63, 3.8) is 0 Å². The number of anilines is 1. The SMILES string of the molecule is O=C(NCc1ccc(C(F)(F)F)cc1)C1CC(=O)N(c2ccc(F)c(Cl)c2)C1. The van der Waals surface area contributed by atoms with Crippen LogP contribution in [0, 0.1) is 11.7 Å². The Bertz CT molecular complexity index is 900. The Morgan fingerprint density at radius 1 is 1.18 bits per heavy atom. The number of nitrogens with one attached hydrogen (secondary N) is 1. The Morgan fingerprint density at radius 2 is 1.86 bits per heavy atom. The Balaban J connectivity index is 1.59. The standard InChI is InChI=1S/C19H15ClF4N2O2/c20-15-8-14(5-6-16(15)21)26-10-12(7-17(26)27)18(28)25-9-11-1-3-13(4-2-11)19(22,23)24/h1-6,8,12H,7,9-10H2,(H,25,28). The van der Waals surface area contributed by atoms with Crippen LogP contribution in [0.5, 0.6) is 0 Å². The van der Waals surface area contributed by atoms with Gasteiger partial charge in [-0.2, -0.15) is 13.2 Å². The summed E-state index contributed by atoms with van der Waals surface area (Å²) >= 11 is 5.73. The lowest BCUT2D eigenvalue weighted by molar-refractivity contribution is -0.137. The highest BCUT2D eigenvalue weighted by molar-refractivity contribution is 6.31. The molecule has 4 nitrogen and oxygen atoms in total. The van der Waals surface area contributed by atoms with Crippen molar-refractivity contribution in [1.29, 1.82) is 0 Å². The highest BCUT2D eigenvalue weighted by Gasteiger charge is 2.35. The van der Waals surface area contributed by atoms with E-state index in [1.54, 1.807) is 0 Å². The second-order valence-electron chi connectivity index (χ2n) is 6.42. The smallest absolute Gasteiger partial charge is 0.352 e. The summed E-state index contributed by atoms with van der Waals surface area (Å²) in [6.45, 7) is 0.156. The van der Waals surface area contributed by atoms with Gasteiger partial charge in [0.2, 0.25) is 11.8 Å². The molecule has 1 fully saturated rings. The maximum Gasteiger partial charge on any atom is 0.416 e. The first kappa shape index (κ1) is 20.1. The number of carbonyl (C=O) groups is 2. The van der Waals surface area contributed by atoms with Crippen LogP contribution in [0.1, 0.15) is 17.5 Å². The van der Waals surface area contributed by atoms with E-state index < -0.39 is 23.5 Å². The number of amides is 2. The van der Waals surface area contributed by atoms with Crippen molar-refractivity contribution in [3.8, 4) is 0 Å². The molecule has 2 aromatic carbocycles. The molecule has 2 aromatic rings. The molecule has 9 heteroatoms. The maximum atomic E-state index is 13.3. The monoisotopic (exact) mass is 414 g/mol. The second kappa shape index (κ2) is 7.79. The van der Waals surface area contributed by atoms with E-state index in [0.29, 0.717) is 11.3 Å². The molecule has 1 aliphatic rings. The third-order valence-electron chi connectivity index (χ3n) is 4.46. The zero-order valence-electron chi connectivity index (χ0n) is 14.4. The first-order valence-corrected chi connectivity index (χ1v) is 8.72. The molecule has 0 spiro atoms. The highest BCUT2D eigenvalue weighted by atomic mass is 35.5. The normalized spacial score (nSPS) is 17.1. The molecule has 0 saturated carbocycles. The molecule has 148 valence electrons. The van der Waals surface area contributed by atoms with Crippen LogP contribution in [0.25, 0.3) is 0 Å². The van der Waals surface area contributed by atoms with E-state index in [1.807, 2.05) is 0 Å². The molecule has 1 N–H and O–H groups in total. The van der Waals surface area contributed by atoms with Crippen LogP contribution in [0.3, 0.4) is 0 Å². The molecule has 0 aromatic heterocycles. The van der Waals surface area contributed by atoms with Gasteiger partial charge in [0, 0.05) is 25.2 Å².